The fourth-order valence-corrected chi connectivity index (χ4v) is 6.14. The summed E-state index contributed by atoms with van der Waals surface area (Å²) in [5.74, 6) is 0.236. The summed E-state index contributed by atoms with van der Waals surface area (Å²) in [6.45, 7) is 12.3. The molecule has 0 spiro atoms. The van der Waals surface area contributed by atoms with Crippen LogP contribution in [0.5, 0.6) is 0 Å². The monoisotopic (exact) mass is 237 g/mol. The Morgan fingerprint density at radius 2 is 1.64 bits per heavy atom. The highest BCUT2D eigenvalue weighted by molar-refractivity contribution is 7.90. The fraction of sp³-hybridized carbons (Fsp3) is 1.00. The van der Waals surface area contributed by atoms with Crippen molar-refractivity contribution < 1.29 is 8.42 Å². The van der Waals surface area contributed by atoms with Crippen molar-refractivity contribution in [2.45, 2.75) is 52.2 Å². The highest BCUT2D eigenvalue weighted by Gasteiger charge is 2.38. The van der Waals surface area contributed by atoms with Crippen LogP contribution in [0.1, 0.15) is 34.1 Å². The molecule has 0 aromatic carbocycles. The zero-order valence-corrected chi connectivity index (χ0v) is 12.0. The van der Waals surface area contributed by atoms with E-state index in [0.717, 1.165) is 0 Å². The summed E-state index contributed by atoms with van der Waals surface area (Å²) in [5.41, 5.74) is 0. The first-order valence-corrected chi connectivity index (χ1v) is 9.69. The number of rotatable bonds is 4. The van der Waals surface area contributed by atoms with Crippen molar-refractivity contribution in [3.8, 4) is 0 Å². The van der Waals surface area contributed by atoms with E-state index in [-0.39, 0.29) is 10.8 Å². The van der Waals surface area contributed by atoms with Crippen molar-refractivity contribution in [1.82, 2.24) is 4.39 Å². The molecule has 3 nitrogen and oxygen atoms in total. The number of sulfonamides is 1. The van der Waals surface area contributed by atoms with Gasteiger partial charge in [0.2, 0.25) is 10.0 Å². The summed E-state index contributed by atoms with van der Waals surface area (Å²) < 4.78 is 26.1. The highest BCUT2D eigenvalue weighted by atomic mass is 32.2. The Balaban J connectivity index is 4.68. The molecule has 0 fully saturated rings. The molecule has 0 amide bonds. The molecule has 0 rings (SSSR count). The van der Waals surface area contributed by atoms with E-state index in [4.69, 9.17) is 0 Å². The Kier molecular flexibility index (Phi) is 4.36. The molecule has 1 N–H and O–H groups in total. The molecule has 0 radical (unpaired) electrons. The molecule has 0 heterocycles. The highest BCUT2D eigenvalue weighted by Crippen LogP contribution is 2.34. The van der Waals surface area contributed by atoms with E-state index in [9.17, 15) is 8.42 Å². The van der Waals surface area contributed by atoms with Crippen LogP contribution in [0.3, 0.4) is 0 Å². The third kappa shape index (κ3) is 4.10. The van der Waals surface area contributed by atoms with E-state index < -0.39 is 18.3 Å². The van der Waals surface area contributed by atoms with Crippen molar-refractivity contribution in [1.29, 1.82) is 0 Å². The second-order valence-corrected chi connectivity index (χ2v) is 12.5. The molecular formula is C9H23NO2SSi. The fourth-order valence-electron chi connectivity index (χ4n) is 0.862. The Bertz CT molecular complexity index is 278. The Labute approximate surface area is 89.4 Å². The van der Waals surface area contributed by atoms with E-state index in [1.165, 1.54) is 0 Å². The van der Waals surface area contributed by atoms with Crippen LogP contribution in [0.4, 0.5) is 0 Å². The first kappa shape index (κ1) is 14.1. The van der Waals surface area contributed by atoms with E-state index in [1.807, 2.05) is 6.92 Å². The standard InChI is InChI=1S/C9H23NO2SSi/c1-7-8-13(11,12)10-14(5,6)9(2,3)4/h10H,7-8H2,1-6H3. The summed E-state index contributed by atoms with van der Waals surface area (Å²) in [6, 6.07) is 0. The van der Waals surface area contributed by atoms with Crippen LogP contribution in [0.25, 0.3) is 0 Å². The lowest BCUT2D eigenvalue weighted by molar-refractivity contribution is 0.588. The predicted molar refractivity (Wildman–Crippen MR) is 64.4 cm³/mol. The van der Waals surface area contributed by atoms with E-state index in [0.29, 0.717) is 6.42 Å². The topological polar surface area (TPSA) is 46.2 Å². The third-order valence-electron chi connectivity index (χ3n) is 2.76. The smallest absolute Gasteiger partial charge is 0.205 e. The molecule has 5 heteroatoms. The quantitative estimate of drug-likeness (QED) is 0.763. The van der Waals surface area contributed by atoms with Gasteiger partial charge in [0.15, 0.2) is 0 Å². The van der Waals surface area contributed by atoms with Crippen LogP contribution in [0, 0.1) is 0 Å². The van der Waals surface area contributed by atoms with E-state index in [1.54, 1.807) is 0 Å². The molecule has 0 unspecified atom stereocenters. The lowest BCUT2D eigenvalue weighted by Gasteiger charge is -2.36. The van der Waals surface area contributed by atoms with Gasteiger partial charge in [-0.05, 0) is 11.5 Å². The van der Waals surface area contributed by atoms with E-state index in [2.05, 4.69) is 38.3 Å². The van der Waals surface area contributed by atoms with Crippen molar-refractivity contribution >= 4 is 18.3 Å². The second-order valence-electron chi connectivity index (χ2n) is 5.30. The Morgan fingerprint density at radius 3 is 1.93 bits per heavy atom. The van der Waals surface area contributed by atoms with Gasteiger partial charge in [0.05, 0.1) is 5.75 Å². The van der Waals surface area contributed by atoms with Gasteiger partial charge in [-0.1, -0.05) is 40.8 Å². The summed E-state index contributed by atoms with van der Waals surface area (Å²) in [6.07, 6.45) is 0.671. The average Bonchev–Trinajstić information content (AvgIpc) is 1.80. The van der Waals surface area contributed by atoms with Gasteiger partial charge in [-0.3, -0.25) is 0 Å². The third-order valence-corrected chi connectivity index (χ3v) is 10.7. The van der Waals surface area contributed by atoms with Crippen LogP contribution < -0.4 is 4.39 Å². The molecule has 0 aromatic rings. The molecule has 0 bridgehead atoms. The summed E-state index contributed by atoms with van der Waals surface area (Å²) in [4.78, 5) is 0. The Hall–Kier alpha value is 0.127. The van der Waals surface area contributed by atoms with Crippen LogP contribution in [0.2, 0.25) is 18.1 Å². The first-order chi connectivity index (χ1) is 6.02. The maximum absolute atomic E-state index is 11.6. The van der Waals surface area contributed by atoms with Crippen molar-refractivity contribution in [3.63, 3.8) is 0 Å². The molecule has 0 aliphatic rings. The molecule has 0 saturated carbocycles. The number of nitrogens with one attached hydrogen (secondary N) is 1. The van der Waals surface area contributed by atoms with Gasteiger partial charge in [-0.15, -0.1) is 0 Å². The molecule has 14 heavy (non-hydrogen) atoms. The van der Waals surface area contributed by atoms with Crippen LogP contribution in [0.15, 0.2) is 0 Å². The van der Waals surface area contributed by atoms with Gasteiger partial charge in [0.1, 0.15) is 8.24 Å². The maximum Gasteiger partial charge on any atom is 0.205 e. The molecule has 0 saturated heterocycles. The molecular weight excluding hydrogens is 214 g/mol. The molecule has 86 valence electrons. The Morgan fingerprint density at radius 1 is 1.21 bits per heavy atom. The van der Waals surface area contributed by atoms with Crippen molar-refractivity contribution in [2.75, 3.05) is 5.75 Å². The van der Waals surface area contributed by atoms with Crippen molar-refractivity contribution in [3.05, 3.63) is 0 Å². The van der Waals surface area contributed by atoms with Gasteiger partial charge in [0.25, 0.3) is 0 Å². The van der Waals surface area contributed by atoms with E-state index >= 15 is 0 Å². The van der Waals surface area contributed by atoms with Crippen LogP contribution in [-0.4, -0.2) is 22.4 Å². The summed E-state index contributed by atoms with van der Waals surface area (Å²) >= 11 is 0. The first-order valence-electron chi connectivity index (χ1n) is 5.03. The van der Waals surface area contributed by atoms with Gasteiger partial charge in [-0.2, -0.15) is 0 Å². The maximum atomic E-state index is 11.6. The van der Waals surface area contributed by atoms with Gasteiger partial charge in [-0.25, -0.2) is 12.8 Å². The molecule has 0 aliphatic heterocycles. The summed E-state index contributed by atoms with van der Waals surface area (Å²) in [7, 11) is -4.98. The lowest BCUT2D eigenvalue weighted by atomic mass is 10.2. The van der Waals surface area contributed by atoms with Gasteiger partial charge >= 0.3 is 0 Å². The van der Waals surface area contributed by atoms with Gasteiger partial charge < -0.3 is 0 Å². The van der Waals surface area contributed by atoms with Crippen LogP contribution >= 0.6 is 0 Å². The molecule has 0 aliphatic carbocycles. The van der Waals surface area contributed by atoms with Crippen LogP contribution in [-0.2, 0) is 10.0 Å². The van der Waals surface area contributed by atoms with Crippen molar-refractivity contribution in [2.24, 2.45) is 0 Å². The molecule has 0 atom stereocenters. The molecule has 0 aromatic heterocycles. The second kappa shape index (κ2) is 4.33. The lowest BCUT2D eigenvalue weighted by Crippen LogP contribution is -2.54. The SMILES string of the molecule is CCCS(=O)(=O)N[Si](C)(C)C(C)(C)C. The minimum absolute atomic E-state index is 0.0494. The average molecular weight is 237 g/mol. The predicted octanol–water partition coefficient (Wildman–Crippen LogP) is 2.32. The van der Waals surface area contributed by atoms with Gasteiger partial charge in [0, 0.05) is 0 Å². The number of hydrogen-bond acceptors (Lipinski definition) is 2. The number of hydrogen-bond donors (Lipinski definition) is 1. The largest absolute Gasteiger partial charge is 0.237 e. The summed E-state index contributed by atoms with van der Waals surface area (Å²) in [5, 5.41) is 0.0494. The minimum Gasteiger partial charge on any atom is -0.237 e. The zero-order valence-electron chi connectivity index (χ0n) is 10.1. The zero-order chi connectivity index (χ0) is 11.6. The minimum atomic E-state index is -3.06. The normalized spacial score (nSPS) is 14.4.